The van der Waals surface area contributed by atoms with E-state index in [1.54, 1.807) is 12.1 Å². The van der Waals surface area contributed by atoms with Gasteiger partial charge < -0.3 is 5.32 Å². The minimum atomic E-state index is -0.355. The molecule has 1 N–H and O–H groups in total. The first-order chi connectivity index (χ1) is 10.8. The summed E-state index contributed by atoms with van der Waals surface area (Å²) in [6, 6.07) is 17.4. The number of hydrogen-bond acceptors (Lipinski definition) is 4. The Balaban J connectivity index is 1.95. The summed E-state index contributed by atoms with van der Waals surface area (Å²) in [5.74, 6) is 0. The molecule has 2 aromatic carbocycles. The number of non-ortho nitro benzene ring substituents is 1. The standard InChI is InChI=1S/C17H19N3O2/c21-20(22)16-8-6-15(7-9-16)17(14-4-2-1-3-5-14)19-12-10-18-11-13-19/h1-9,17-18H,10-13H2. The van der Waals surface area contributed by atoms with Crippen LogP contribution in [0.4, 0.5) is 5.69 Å². The van der Waals surface area contributed by atoms with Gasteiger partial charge in [-0.15, -0.1) is 0 Å². The van der Waals surface area contributed by atoms with Crippen LogP contribution in [-0.2, 0) is 0 Å². The van der Waals surface area contributed by atoms with Crippen molar-refractivity contribution in [3.8, 4) is 0 Å². The van der Waals surface area contributed by atoms with E-state index in [1.807, 2.05) is 30.3 Å². The van der Waals surface area contributed by atoms with Crippen LogP contribution < -0.4 is 5.32 Å². The van der Waals surface area contributed by atoms with Crippen LogP contribution in [0, 0.1) is 10.1 Å². The van der Waals surface area contributed by atoms with Crippen molar-refractivity contribution in [2.45, 2.75) is 6.04 Å². The van der Waals surface area contributed by atoms with Crippen LogP contribution in [0.3, 0.4) is 0 Å². The van der Waals surface area contributed by atoms with E-state index in [2.05, 4.69) is 22.3 Å². The summed E-state index contributed by atoms with van der Waals surface area (Å²) in [6.45, 7) is 3.87. The molecule has 1 atom stereocenters. The Morgan fingerprint density at radius 2 is 1.55 bits per heavy atom. The highest BCUT2D eigenvalue weighted by atomic mass is 16.6. The minimum Gasteiger partial charge on any atom is -0.314 e. The lowest BCUT2D eigenvalue weighted by Crippen LogP contribution is -2.45. The molecular weight excluding hydrogens is 278 g/mol. The fourth-order valence-electron chi connectivity index (χ4n) is 2.97. The first kappa shape index (κ1) is 14.7. The monoisotopic (exact) mass is 297 g/mol. The summed E-state index contributed by atoms with van der Waals surface area (Å²) in [7, 11) is 0. The zero-order valence-electron chi connectivity index (χ0n) is 12.3. The molecule has 0 saturated carbocycles. The maximum Gasteiger partial charge on any atom is 0.269 e. The molecule has 0 aliphatic carbocycles. The highest BCUT2D eigenvalue weighted by molar-refractivity contribution is 5.38. The number of nitro groups is 1. The highest BCUT2D eigenvalue weighted by Crippen LogP contribution is 2.29. The second-order valence-corrected chi connectivity index (χ2v) is 5.45. The second kappa shape index (κ2) is 6.68. The Morgan fingerprint density at radius 1 is 0.955 bits per heavy atom. The maximum atomic E-state index is 10.8. The van der Waals surface area contributed by atoms with Crippen molar-refractivity contribution in [2.24, 2.45) is 0 Å². The molecule has 3 rings (SSSR count). The Labute approximate surface area is 129 Å². The van der Waals surface area contributed by atoms with E-state index < -0.39 is 0 Å². The van der Waals surface area contributed by atoms with Gasteiger partial charge in [0, 0.05) is 38.3 Å². The van der Waals surface area contributed by atoms with Gasteiger partial charge in [-0.3, -0.25) is 15.0 Å². The molecular formula is C17H19N3O2. The summed E-state index contributed by atoms with van der Waals surface area (Å²) in [5, 5.41) is 14.2. The van der Waals surface area contributed by atoms with Gasteiger partial charge in [0.1, 0.15) is 0 Å². The third kappa shape index (κ3) is 3.16. The van der Waals surface area contributed by atoms with Gasteiger partial charge in [-0.25, -0.2) is 0 Å². The Hall–Kier alpha value is -2.24. The molecule has 1 aliphatic rings. The van der Waals surface area contributed by atoms with Gasteiger partial charge in [-0.1, -0.05) is 42.5 Å². The molecule has 0 amide bonds. The van der Waals surface area contributed by atoms with Gasteiger partial charge in [-0.05, 0) is 11.1 Å². The van der Waals surface area contributed by atoms with E-state index in [4.69, 9.17) is 0 Å². The molecule has 5 nitrogen and oxygen atoms in total. The van der Waals surface area contributed by atoms with Crippen LogP contribution in [-0.4, -0.2) is 36.0 Å². The molecule has 5 heteroatoms. The fraction of sp³-hybridized carbons (Fsp3) is 0.294. The Bertz CT molecular complexity index is 622. The predicted molar refractivity (Wildman–Crippen MR) is 85.8 cm³/mol. The van der Waals surface area contributed by atoms with Gasteiger partial charge in [0.2, 0.25) is 0 Å². The molecule has 0 radical (unpaired) electrons. The molecule has 0 spiro atoms. The Kier molecular flexibility index (Phi) is 4.46. The summed E-state index contributed by atoms with van der Waals surface area (Å²) in [4.78, 5) is 12.9. The molecule has 2 aromatic rings. The van der Waals surface area contributed by atoms with Crippen molar-refractivity contribution < 1.29 is 4.92 Å². The average molecular weight is 297 g/mol. The smallest absolute Gasteiger partial charge is 0.269 e. The summed E-state index contributed by atoms with van der Waals surface area (Å²) < 4.78 is 0. The fourth-order valence-corrected chi connectivity index (χ4v) is 2.97. The molecule has 0 aromatic heterocycles. The van der Waals surface area contributed by atoms with Crippen LogP contribution in [0.2, 0.25) is 0 Å². The largest absolute Gasteiger partial charge is 0.314 e. The van der Waals surface area contributed by atoms with Gasteiger partial charge >= 0.3 is 0 Å². The van der Waals surface area contributed by atoms with E-state index in [0.717, 1.165) is 31.7 Å². The maximum absolute atomic E-state index is 10.8. The zero-order chi connectivity index (χ0) is 15.4. The molecule has 0 bridgehead atoms. The molecule has 1 unspecified atom stereocenters. The van der Waals surface area contributed by atoms with Gasteiger partial charge in [-0.2, -0.15) is 0 Å². The number of nitrogens with one attached hydrogen (secondary N) is 1. The number of hydrogen-bond donors (Lipinski definition) is 1. The summed E-state index contributed by atoms with van der Waals surface area (Å²) in [6.07, 6.45) is 0. The van der Waals surface area contributed by atoms with E-state index >= 15 is 0 Å². The van der Waals surface area contributed by atoms with Gasteiger partial charge in [0.25, 0.3) is 5.69 Å². The van der Waals surface area contributed by atoms with Crippen molar-refractivity contribution in [3.05, 3.63) is 75.8 Å². The third-order valence-corrected chi connectivity index (χ3v) is 4.05. The average Bonchev–Trinajstić information content (AvgIpc) is 2.57. The lowest BCUT2D eigenvalue weighted by atomic mass is 9.96. The van der Waals surface area contributed by atoms with Crippen LogP contribution in [0.1, 0.15) is 17.2 Å². The third-order valence-electron chi connectivity index (χ3n) is 4.05. The lowest BCUT2D eigenvalue weighted by molar-refractivity contribution is -0.384. The normalized spacial score (nSPS) is 17.1. The van der Waals surface area contributed by atoms with Crippen molar-refractivity contribution in [2.75, 3.05) is 26.2 Å². The minimum absolute atomic E-state index is 0.135. The number of benzene rings is 2. The molecule has 1 saturated heterocycles. The molecule has 1 heterocycles. The summed E-state index contributed by atoms with van der Waals surface area (Å²) >= 11 is 0. The van der Waals surface area contributed by atoms with Crippen molar-refractivity contribution in [1.29, 1.82) is 0 Å². The first-order valence-electron chi connectivity index (χ1n) is 7.50. The number of nitro benzene ring substituents is 1. The molecule has 1 aliphatic heterocycles. The Morgan fingerprint density at radius 3 is 2.14 bits per heavy atom. The SMILES string of the molecule is O=[N+]([O-])c1ccc(C(c2ccccc2)N2CCNCC2)cc1. The van der Waals surface area contributed by atoms with E-state index in [9.17, 15) is 10.1 Å². The zero-order valence-corrected chi connectivity index (χ0v) is 12.3. The highest BCUT2D eigenvalue weighted by Gasteiger charge is 2.24. The van der Waals surface area contributed by atoms with Crippen LogP contribution in [0.15, 0.2) is 54.6 Å². The molecule has 22 heavy (non-hydrogen) atoms. The van der Waals surface area contributed by atoms with E-state index in [1.165, 1.54) is 5.56 Å². The number of nitrogens with zero attached hydrogens (tertiary/aromatic N) is 2. The molecule has 114 valence electrons. The number of rotatable bonds is 4. The quantitative estimate of drug-likeness (QED) is 0.696. The lowest BCUT2D eigenvalue weighted by Gasteiger charge is -2.35. The van der Waals surface area contributed by atoms with Crippen molar-refractivity contribution in [1.82, 2.24) is 10.2 Å². The summed E-state index contributed by atoms with van der Waals surface area (Å²) in [5.41, 5.74) is 2.45. The van der Waals surface area contributed by atoms with Crippen LogP contribution in [0.25, 0.3) is 0 Å². The van der Waals surface area contributed by atoms with E-state index in [-0.39, 0.29) is 16.7 Å². The number of piperazine rings is 1. The second-order valence-electron chi connectivity index (χ2n) is 5.45. The van der Waals surface area contributed by atoms with Crippen LogP contribution >= 0.6 is 0 Å². The molecule has 1 fully saturated rings. The predicted octanol–water partition coefficient (Wildman–Crippen LogP) is 2.59. The van der Waals surface area contributed by atoms with Gasteiger partial charge in [0.05, 0.1) is 11.0 Å². The topological polar surface area (TPSA) is 58.4 Å². The van der Waals surface area contributed by atoms with E-state index in [0.29, 0.717) is 0 Å². The van der Waals surface area contributed by atoms with Gasteiger partial charge in [0.15, 0.2) is 0 Å². The van der Waals surface area contributed by atoms with Crippen molar-refractivity contribution >= 4 is 5.69 Å². The van der Waals surface area contributed by atoms with Crippen molar-refractivity contribution in [3.63, 3.8) is 0 Å². The first-order valence-corrected chi connectivity index (χ1v) is 7.50. The van der Waals surface area contributed by atoms with Crippen LogP contribution in [0.5, 0.6) is 0 Å².